The van der Waals surface area contributed by atoms with Crippen molar-refractivity contribution >= 4 is 34.0 Å². The lowest BCUT2D eigenvalue weighted by molar-refractivity contribution is -0.132. The van der Waals surface area contributed by atoms with Crippen LogP contribution in [0.15, 0.2) is 78.5 Å². The van der Waals surface area contributed by atoms with Crippen LogP contribution in [0, 0.1) is 0 Å². The number of nitrogens with one attached hydrogen (secondary N) is 1. The number of aromatic amines is 1. The highest BCUT2D eigenvalue weighted by Gasteiger charge is 2.47. The minimum absolute atomic E-state index is 0.00231. The maximum atomic E-state index is 13.4. The average Bonchev–Trinajstić information content (AvgIpc) is 3.60. The van der Waals surface area contributed by atoms with Gasteiger partial charge in [0, 0.05) is 33.9 Å². The van der Waals surface area contributed by atoms with Crippen LogP contribution in [0.4, 0.5) is 5.69 Å². The third-order valence-electron chi connectivity index (χ3n) is 6.43. The van der Waals surface area contributed by atoms with E-state index in [1.807, 2.05) is 31.2 Å². The molecule has 2 N–H and O–H groups in total. The zero-order chi connectivity index (χ0) is 24.8. The molecule has 1 unspecified atom stereocenters. The van der Waals surface area contributed by atoms with Crippen molar-refractivity contribution in [3.63, 3.8) is 0 Å². The Kier molecular flexibility index (Phi) is 5.14. The van der Waals surface area contributed by atoms with Crippen molar-refractivity contribution in [2.75, 3.05) is 18.3 Å². The van der Waals surface area contributed by atoms with Gasteiger partial charge in [-0.05, 0) is 55.5 Å². The Morgan fingerprint density at radius 1 is 1.06 bits per heavy atom. The van der Waals surface area contributed by atoms with Gasteiger partial charge in [-0.3, -0.25) is 14.5 Å². The number of hydrogen-bond donors (Lipinski definition) is 2. The molecular formula is C28H22N2O6. The van der Waals surface area contributed by atoms with Crippen LogP contribution in [0.5, 0.6) is 17.2 Å². The number of carbonyl (C=O) groups is 2. The molecule has 0 radical (unpaired) electrons. The standard InChI is InChI=1S/C28H22N2O6/c1-2-34-18-10-8-17(9-11-18)30-25(20-14-29-21-6-4-3-5-19(20)21)24(27(32)28(30)33)26(31)16-7-12-22-23(13-16)36-15-35-22/h3-14,25,29,31H,2,15H2,1H3/b26-24+. The number of ether oxygens (including phenoxy) is 3. The van der Waals surface area contributed by atoms with Gasteiger partial charge in [0.1, 0.15) is 11.5 Å². The Bertz CT molecular complexity index is 1540. The molecule has 1 aromatic heterocycles. The van der Waals surface area contributed by atoms with Crippen molar-refractivity contribution in [2.45, 2.75) is 13.0 Å². The van der Waals surface area contributed by atoms with Crippen LogP contribution in [-0.4, -0.2) is 35.2 Å². The number of benzene rings is 3. The Labute approximate surface area is 206 Å². The molecule has 0 saturated carbocycles. The number of nitrogens with zero attached hydrogens (tertiary/aromatic N) is 1. The fourth-order valence-corrected chi connectivity index (χ4v) is 4.78. The number of fused-ring (bicyclic) bond motifs is 2. The van der Waals surface area contributed by atoms with Crippen molar-refractivity contribution in [3.8, 4) is 17.2 Å². The molecule has 8 heteroatoms. The number of hydrogen-bond acceptors (Lipinski definition) is 6. The van der Waals surface area contributed by atoms with Crippen molar-refractivity contribution in [1.29, 1.82) is 0 Å². The molecule has 1 atom stereocenters. The predicted octanol–water partition coefficient (Wildman–Crippen LogP) is 4.92. The zero-order valence-electron chi connectivity index (χ0n) is 19.4. The second-order valence-electron chi connectivity index (χ2n) is 8.45. The summed E-state index contributed by atoms with van der Waals surface area (Å²) in [4.78, 5) is 31.5. The van der Waals surface area contributed by atoms with Gasteiger partial charge < -0.3 is 24.3 Å². The average molecular weight is 482 g/mol. The van der Waals surface area contributed by atoms with Crippen LogP contribution in [-0.2, 0) is 9.59 Å². The van der Waals surface area contributed by atoms with E-state index in [0.717, 1.165) is 10.9 Å². The molecule has 180 valence electrons. The van der Waals surface area contributed by atoms with Crippen LogP contribution in [0.3, 0.4) is 0 Å². The van der Waals surface area contributed by atoms with E-state index in [9.17, 15) is 14.7 Å². The molecule has 0 aliphatic carbocycles. The lowest BCUT2D eigenvalue weighted by Crippen LogP contribution is -2.29. The Morgan fingerprint density at radius 3 is 2.64 bits per heavy atom. The summed E-state index contributed by atoms with van der Waals surface area (Å²) in [6.07, 6.45) is 1.77. The van der Waals surface area contributed by atoms with Gasteiger partial charge in [0.2, 0.25) is 6.79 Å². The number of anilines is 1. The molecule has 6 rings (SSSR count). The highest BCUT2D eigenvalue weighted by atomic mass is 16.7. The van der Waals surface area contributed by atoms with Crippen LogP contribution >= 0.6 is 0 Å². The maximum Gasteiger partial charge on any atom is 0.300 e. The molecule has 1 fully saturated rings. The lowest BCUT2D eigenvalue weighted by Gasteiger charge is -2.25. The number of rotatable bonds is 5. The molecule has 0 bridgehead atoms. The normalized spacial score (nSPS) is 18.2. The summed E-state index contributed by atoms with van der Waals surface area (Å²) < 4.78 is 16.3. The second kappa shape index (κ2) is 8.49. The quantitative estimate of drug-likeness (QED) is 0.238. The van der Waals surface area contributed by atoms with Gasteiger partial charge in [-0.15, -0.1) is 0 Å². The predicted molar refractivity (Wildman–Crippen MR) is 133 cm³/mol. The maximum absolute atomic E-state index is 13.4. The third-order valence-corrected chi connectivity index (χ3v) is 6.43. The summed E-state index contributed by atoms with van der Waals surface area (Å²) >= 11 is 0. The van der Waals surface area contributed by atoms with E-state index < -0.39 is 17.7 Å². The number of Topliss-reactive ketones (excluding diaryl/α,β-unsaturated/α-hetero) is 1. The minimum atomic E-state index is -0.857. The monoisotopic (exact) mass is 482 g/mol. The van der Waals surface area contributed by atoms with Crippen molar-refractivity contribution in [1.82, 2.24) is 4.98 Å². The Balaban J connectivity index is 1.55. The second-order valence-corrected chi connectivity index (χ2v) is 8.45. The van der Waals surface area contributed by atoms with Gasteiger partial charge in [-0.25, -0.2) is 0 Å². The summed E-state index contributed by atoms with van der Waals surface area (Å²) in [5.41, 5.74) is 2.42. The van der Waals surface area contributed by atoms with Gasteiger partial charge in [-0.1, -0.05) is 18.2 Å². The smallest absolute Gasteiger partial charge is 0.300 e. The van der Waals surface area contributed by atoms with E-state index in [1.54, 1.807) is 48.7 Å². The third kappa shape index (κ3) is 3.38. The number of para-hydroxylation sites is 1. The van der Waals surface area contributed by atoms with Crippen LogP contribution in [0.25, 0.3) is 16.7 Å². The first-order valence-corrected chi connectivity index (χ1v) is 11.6. The first-order chi connectivity index (χ1) is 17.6. The SMILES string of the molecule is CCOc1ccc(N2C(=O)C(=O)/C(=C(/O)c3ccc4c(c3)OCO4)C2c2c[nH]c3ccccc23)cc1. The first kappa shape index (κ1) is 21.8. The number of aliphatic hydroxyl groups is 1. The van der Waals surface area contributed by atoms with Gasteiger partial charge in [0.05, 0.1) is 18.2 Å². The van der Waals surface area contributed by atoms with Crippen LogP contribution < -0.4 is 19.1 Å². The lowest BCUT2D eigenvalue weighted by atomic mass is 9.94. The molecule has 1 amide bonds. The molecular weight excluding hydrogens is 460 g/mol. The van der Waals surface area contributed by atoms with Crippen molar-refractivity contribution in [3.05, 3.63) is 89.6 Å². The van der Waals surface area contributed by atoms with Gasteiger partial charge in [-0.2, -0.15) is 0 Å². The van der Waals surface area contributed by atoms with E-state index in [-0.39, 0.29) is 18.1 Å². The van der Waals surface area contributed by atoms with Gasteiger partial charge in [0.15, 0.2) is 11.5 Å². The van der Waals surface area contributed by atoms with E-state index >= 15 is 0 Å². The first-order valence-electron chi connectivity index (χ1n) is 11.6. The molecule has 2 aliphatic heterocycles. The molecule has 36 heavy (non-hydrogen) atoms. The Morgan fingerprint density at radius 2 is 1.83 bits per heavy atom. The van der Waals surface area contributed by atoms with Gasteiger partial charge in [0.25, 0.3) is 11.7 Å². The fraction of sp³-hybridized carbons (Fsp3) is 0.143. The summed E-state index contributed by atoms with van der Waals surface area (Å²) in [5, 5.41) is 12.3. The molecule has 0 spiro atoms. The van der Waals surface area contributed by atoms with E-state index in [0.29, 0.717) is 40.7 Å². The number of ketones is 1. The Hall–Kier alpha value is -4.72. The highest BCUT2D eigenvalue weighted by Crippen LogP contribution is 2.45. The van der Waals surface area contributed by atoms with E-state index in [2.05, 4.69) is 4.98 Å². The number of carbonyl (C=O) groups excluding carboxylic acids is 2. The number of amides is 1. The van der Waals surface area contributed by atoms with Crippen LogP contribution in [0.2, 0.25) is 0 Å². The number of aromatic nitrogens is 1. The number of aliphatic hydroxyl groups excluding tert-OH is 1. The molecule has 4 aromatic rings. The summed E-state index contributed by atoms with van der Waals surface area (Å²) in [6, 6.07) is 18.7. The van der Waals surface area contributed by atoms with Gasteiger partial charge >= 0.3 is 0 Å². The van der Waals surface area contributed by atoms with Crippen molar-refractivity contribution < 1.29 is 28.9 Å². The summed E-state index contributed by atoms with van der Waals surface area (Å²) in [6.45, 7) is 2.48. The molecule has 1 saturated heterocycles. The fourth-order valence-electron chi connectivity index (χ4n) is 4.78. The summed E-state index contributed by atoms with van der Waals surface area (Å²) in [5.74, 6) is -0.110. The molecule has 8 nitrogen and oxygen atoms in total. The van der Waals surface area contributed by atoms with E-state index in [4.69, 9.17) is 14.2 Å². The molecule has 3 aromatic carbocycles. The van der Waals surface area contributed by atoms with E-state index in [1.165, 1.54) is 4.90 Å². The van der Waals surface area contributed by atoms with Crippen molar-refractivity contribution in [2.24, 2.45) is 0 Å². The molecule has 3 heterocycles. The highest BCUT2D eigenvalue weighted by molar-refractivity contribution is 6.51. The summed E-state index contributed by atoms with van der Waals surface area (Å²) in [7, 11) is 0. The zero-order valence-corrected chi connectivity index (χ0v) is 19.4. The van der Waals surface area contributed by atoms with Crippen LogP contribution in [0.1, 0.15) is 24.1 Å². The minimum Gasteiger partial charge on any atom is -0.507 e. The molecule has 2 aliphatic rings. The number of H-pyrrole nitrogens is 1. The topological polar surface area (TPSA) is 101 Å². The largest absolute Gasteiger partial charge is 0.507 e.